The minimum Gasteiger partial charge on any atom is -0.452 e. The summed E-state index contributed by atoms with van der Waals surface area (Å²) >= 11 is 0. The van der Waals surface area contributed by atoms with Crippen molar-refractivity contribution in [2.75, 3.05) is 6.54 Å². The number of benzene rings is 2. The Morgan fingerprint density at radius 2 is 1.59 bits per heavy atom. The standard InChI is InChI=1S/C19H21N3O6S/c1-14(18(24)21-19(20)25)28-17(23)13-22(12-15-8-4-2-5-9-15)29(26,27)16-10-6-3-7-11-16/h2-11,14H,12-13H2,1H3,(H3,20,21,24,25)/t14-/m1/s1. The van der Waals surface area contributed by atoms with Crippen LogP contribution in [0.25, 0.3) is 0 Å². The second-order valence-electron chi connectivity index (χ2n) is 6.06. The molecule has 0 saturated carbocycles. The van der Waals surface area contributed by atoms with Crippen LogP contribution < -0.4 is 11.1 Å². The number of amides is 3. The van der Waals surface area contributed by atoms with Crippen molar-refractivity contribution in [2.45, 2.75) is 24.5 Å². The second kappa shape index (κ2) is 9.80. The highest BCUT2D eigenvalue weighted by molar-refractivity contribution is 7.89. The van der Waals surface area contributed by atoms with E-state index < -0.39 is 40.6 Å². The van der Waals surface area contributed by atoms with Gasteiger partial charge in [-0.2, -0.15) is 4.31 Å². The summed E-state index contributed by atoms with van der Waals surface area (Å²) in [4.78, 5) is 34.7. The lowest BCUT2D eigenvalue weighted by molar-refractivity contribution is -0.154. The van der Waals surface area contributed by atoms with E-state index in [9.17, 15) is 22.8 Å². The first-order valence-corrected chi connectivity index (χ1v) is 10.0. The van der Waals surface area contributed by atoms with Crippen molar-refractivity contribution in [1.82, 2.24) is 9.62 Å². The van der Waals surface area contributed by atoms with Gasteiger partial charge in [-0.3, -0.25) is 14.9 Å². The minimum atomic E-state index is -4.01. The van der Waals surface area contributed by atoms with E-state index in [1.165, 1.54) is 19.1 Å². The van der Waals surface area contributed by atoms with E-state index in [0.717, 1.165) is 4.31 Å². The van der Waals surface area contributed by atoms with Crippen molar-refractivity contribution in [3.05, 3.63) is 66.2 Å². The van der Waals surface area contributed by atoms with Gasteiger partial charge in [-0.1, -0.05) is 48.5 Å². The van der Waals surface area contributed by atoms with Crippen LogP contribution in [0.5, 0.6) is 0 Å². The fourth-order valence-corrected chi connectivity index (χ4v) is 3.80. The number of carbonyl (C=O) groups is 3. The molecule has 154 valence electrons. The average molecular weight is 419 g/mol. The van der Waals surface area contributed by atoms with E-state index in [1.807, 2.05) is 0 Å². The molecular weight excluding hydrogens is 398 g/mol. The van der Waals surface area contributed by atoms with E-state index in [4.69, 9.17) is 10.5 Å². The summed E-state index contributed by atoms with van der Waals surface area (Å²) < 4.78 is 31.9. The van der Waals surface area contributed by atoms with Gasteiger partial charge in [0.2, 0.25) is 10.0 Å². The molecule has 0 aliphatic carbocycles. The zero-order chi connectivity index (χ0) is 21.4. The third kappa shape index (κ3) is 6.40. The average Bonchev–Trinajstić information content (AvgIpc) is 2.68. The molecule has 9 nitrogen and oxygen atoms in total. The Bertz CT molecular complexity index is 964. The lowest BCUT2D eigenvalue weighted by Gasteiger charge is -2.22. The number of esters is 1. The van der Waals surface area contributed by atoms with Crippen molar-refractivity contribution >= 4 is 27.9 Å². The van der Waals surface area contributed by atoms with Gasteiger partial charge >= 0.3 is 12.0 Å². The molecular formula is C19H21N3O6S. The lowest BCUT2D eigenvalue weighted by Crippen LogP contribution is -2.43. The van der Waals surface area contributed by atoms with Gasteiger partial charge in [0, 0.05) is 6.54 Å². The molecule has 2 aromatic carbocycles. The molecule has 0 unspecified atom stereocenters. The molecule has 0 saturated heterocycles. The van der Waals surface area contributed by atoms with Crippen molar-refractivity contribution in [3.8, 4) is 0 Å². The van der Waals surface area contributed by atoms with Crippen LogP contribution in [0.4, 0.5) is 4.79 Å². The zero-order valence-corrected chi connectivity index (χ0v) is 16.5. The molecule has 2 rings (SSSR count). The molecule has 3 amide bonds. The predicted octanol–water partition coefficient (Wildman–Crippen LogP) is 1.00. The van der Waals surface area contributed by atoms with Crippen LogP contribution in [-0.2, 0) is 30.9 Å². The van der Waals surface area contributed by atoms with Crippen molar-refractivity contribution < 1.29 is 27.5 Å². The number of nitrogens with one attached hydrogen (secondary N) is 1. The van der Waals surface area contributed by atoms with Crippen LogP contribution in [0.15, 0.2) is 65.6 Å². The second-order valence-corrected chi connectivity index (χ2v) is 8.00. The highest BCUT2D eigenvalue weighted by atomic mass is 32.2. The molecule has 3 N–H and O–H groups in total. The fourth-order valence-electron chi connectivity index (χ4n) is 2.41. The first-order chi connectivity index (χ1) is 13.7. The van der Waals surface area contributed by atoms with Crippen molar-refractivity contribution in [2.24, 2.45) is 5.73 Å². The molecule has 0 aliphatic heterocycles. The Balaban J connectivity index is 2.20. The molecule has 0 spiro atoms. The fraction of sp³-hybridized carbons (Fsp3) is 0.211. The summed E-state index contributed by atoms with van der Waals surface area (Å²) in [5.41, 5.74) is 5.52. The van der Waals surface area contributed by atoms with Gasteiger partial charge < -0.3 is 10.5 Å². The molecule has 1 atom stereocenters. The molecule has 0 heterocycles. The summed E-state index contributed by atoms with van der Waals surface area (Å²) in [6.45, 7) is 0.540. The van der Waals surface area contributed by atoms with Crippen LogP contribution in [0.2, 0.25) is 0 Å². The first kappa shape index (κ1) is 22.1. The smallest absolute Gasteiger partial charge is 0.322 e. The molecule has 0 fully saturated rings. The summed E-state index contributed by atoms with van der Waals surface area (Å²) in [6.07, 6.45) is -1.33. The Morgan fingerprint density at radius 1 is 1.03 bits per heavy atom. The van der Waals surface area contributed by atoms with Gasteiger partial charge in [0.1, 0.15) is 6.54 Å². The molecule has 2 aromatic rings. The monoisotopic (exact) mass is 419 g/mol. The Kier molecular flexibility index (Phi) is 7.46. The van der Waals surface area contributed by atoms with Gasteiger partial charge in [0.25, 0.3) is 5.91 Å². The molecule has 0 radical (unpaired) electrons. The largest absolute Gasteiger partial charge is 0.452 e. The maximum Gasteiger partial charge on any atom is 0.322 e. The van der Waals surface area contributed by atoms with Gasteiger partial charge in [0.15, 0.2) is 6.10 Å². The topological polar surface area (TPSA) is 136 Å². The number of hydrogen-bond donors (Lipinski definition) is 2. The van der Waals surface area contributed by atoms with E-state index >= 15 is 0 Å². The normalized spacial score (nSPS) is 12.2. The van der Waals surface area contributed by atoms with Crippen LogP contribution in [0, 0.1) is 0 Å². The first-order valence-electron chi connectivity index (χ1n) is 8.59. The minimum absolute atomic E-state index is 0.0169. The van der Waals surface area contributed by atoms with Crippen molar-refractivity contribution in [1.29, 1.82) is 0 Å². The van der Waals surface area contributed by atoms with Gasteiger partial charge in [-0.25, -0.2) is 13.2 Å². The highest BCUT2D eigenvalue weighted by Crippen LogP contribution is 2.18. The molecule has 0 aromatic heterocycles. The number of imide groups is 1. The van der Waals surface area contributed by atoms with Crippen molar-refractivity contribution in [3.63, 3.8) is 0 Å². The number of carbonyl (C=O) groups excluding carboxylic acids is 3. The number of nitrogens with zero attached hydrogens (tertiary/aromatic N) is 1. The van der Waals surface area contributed by atoms with E-state index in [1.54, 1.807) is 53.8 Å². The number of sulfonamides is 1. The molecule has 29 heavy (non-hydrogen) atoms. The van der Waals surface area contributed by atoms with Gasteiger partial charge in [-0.05, 0) is 24.6 Å². The van der Waals surface area contributed by atoms with Crippen LogP contribution in [-0.4, -0.2) is 43.3 Å². The lowest BCUT2D eigenvalue weighted by atomic mass is 10.2. The van der Waals surface area contributed by atoms with E-state index in [2.05, 4.69) is 0 Å². The number of primary amides is 1. The quantitative estimate of drug-likeness (QED) is 0.613. The maximum absolute atomic E-state index is 13.0. The highest BCUT2D eigenvalue weighted by Gasteiger charge is 2.29. The predicted molar refractivity (Wildman–Crippen MR) is 104 cm³/mol. The Hall–Kier alpha value is -3.24. The summed E-state index contributed by atoms with van der Waals surface area (Å²) in [7, 11) is -4.01. The Morgan fingerprint density at radius 3 is 2.14 bits per heavy atom. The number of nitrogens with two attached hydrogens (primary N) is 1. The number of hydrogen-bond acceptors (Lipinski definition) is 6. The number of urea groups is 1. The molecule has 0 aliphatic rings. The van der Waals surface area contributed by atoms with Gasteiger partial charge in [0.05, 0.1) is 4.90 Å². The number of ether oxygens (including phenoxy) is 1. The molecule has 10 heteroatoms. The zero-order valence-electron chi connectivity index (χ0n) is 15.6. The SMILES string of the molecule is C[C@@H](OC(=O)CN(Cc1ccccc1)S(=O)(=O)c1ccccc1)C(=O)NC(N)=O. The Labute approximate surface area is 168 Å². The summed E-state index contributed by atoms with van der Waals surface area (Å²) in [6, 6.07) is 15.3. The van der Waals surface area contributed by atoms with Gasteiger partial charge in [-0.15, -0.1) is 0 Å². The van der Waals surface area contributed by atoms with Crippen LogP contribution >= 0.6 is 0 Å². The summed E-state index contributed by atoms with van der Waals surface area (Å²) in [5, 5.41) is 1.79. The third-order valence-electron chi connectivity index (χ3n) is 3.81. The van der Waals surface area contributed by atoms with Crippen LogP contribution in [0.1, 0.15) is 12.5 Å². The molecule has 0 bridgehead atoms. The maximum atomic E-state index is 13.0. The summed E-state index contributed by atoms with van der Waals surface area (Å²) in [5.74, 6) is -1.86. The third-order valence-corrected chi connectivity index (χ3v) is 5.62. The van der Waals surface area contributed by atoms with E-state index in [-0.39, 0.29) is 11.4 Å². The number of rotatable bonds is 8. The van der Waals surface area contributed by atoms with E-state index in [0.29, 0.717) is 5.56 Å². The van der Waals surface area contributed by atoms with Crippen LogP contribution in [0.3, 0.4) is 0 Å².